The maximum Gasteiger partial charge on any atom is 0.254 e. The number of likely N-dealkylation sites (tertiary alicyclic amines) is 1. The number of carbonyl (C=O) groups is 1. The maximum atomic E-state index is 12.7. The first-order valence-corrected chi connectivity index (χ1v) is 9.87. The third-order valence-corrected chi connectivity index (χ3v) is 5.20. The summed E-state index contributed by atoms with van der Waals surface area (Å²) < 4.78 is 1.70. The number of nitrogens with two attached hydrogens (primary N) is 1. The van der Waals surface area contributed by atoms with Crippen LogP contribution >= 0.6 is 0 Å². The van der Waals surface area contributed by atoms with Gasteiger partial charge in [0.05, 0.1) is 5.39 Å². The Labute approximate surface area is 168 Å². The average Bonchev–Trinajstić information content (AvgIpc) is 2.75. The number of benzene rings is 1. The molecule has 1 aliphatic heterocycles. The number of rotatable bonds is 6. The molecule has 0 radical (unpaired) electrons. The van der Waals surface area contributed by atoms with Crippen molar-refractivity contribution in [3.05, 3.63) is 58.5 Å². The Kier molecular flexibility index (Phi) is 5.53. The Morgan fingerprint density at radius 2 is 1.90 bits per heavy atom. The van der Waals surface area contributed by atoms with Crippen molar-refractivity contribution in [3.8, 4) is 5.69 Å². The van der Waals surface area contributed by atoms with Crippen LogP contribution in [0.25, 0.3) is 16.7 Å². The van der Waals surface area contributed by atoms with Crippen LogP contribution in [0.1, 0.15) is 29.6 Å². The quantitative estimate of drug-likeness (QED) is 0.662. The lowest BCUT2D eigenvalue weighted by molar-refractivity contribution is 0.0999. The average molecular weight is 392 g/mol. The van der Waals surface area contributed by atoms with Crippen molar-refractivity contribution < 1.29 is 4.79 Å². The van der Waals surface area contributed by atoms with Crippen molar-refractivity contribution in [1.29, 1.82) is 0 Å². The zero-order valence-corrected chi connectivity index (χ0v) is 16.2. The molecular formula is C21H24N6O2. The van der Waals surface area contributed by atoms with E-state index < -0.39 is 11.3 Å². The highest BCUT2D eigenvalue weighted by Gasteiger charge is 2.16. The number of para-hydroxylation sites is 1. The van der Waals surface area contributed by atoms with Crippen molar-refractivity contribution >= 4 is 22.9 Å². The summed E-state index contributed by atoms with van der Waals surface area (Å²) in [5.74, 6) is -0.323. The molecule has 0 spiro atoms. The molecule has 29 heavy (non-hydrogen) atoms. The molecule has 3 aromatic rings. The Morgan fingerprint density at radius 3 is 2.62 bits per heavy atom. The van der Waals surface area contributed by atoms with Crippen molar-refractivity contribution in [2.45, 2.75) is 19.3 Å². The lowest BCUT2D eigenvalue weighted by Gasteiger charge is -2.26. The van der Waals surface area contributed by atoms with Gasteiger partial charge in [0.1, 0.15) is 5.56 Å². The normalized spacial score (nSPS) is 14.8. The number of pyridine rings is 1. The third kappa shape index (κ3) is 4.12. The number of hydrogen-bond acceptors (Lipinski definition) is 6. The van der Waals surface area contributed by atoms with Gasteiger partial charge in [-0.25, -0.2) is 4.98 Å². The van der Waals surface area contributed by atoms with Crippen molar-refractivity contribution in [1.82, 2.24) is 19.4 Å². The lowest BCUT2D eigenvalue weighted by Crippen LogP contribution is -2.34. The van der Waals surface area contributed by atoms with E-state index in [9.17, 15) is 9.59 Å². The zero-order valence-electron chi connectivity index (χ0n) is 16.2. The minimum absolute atomic E-state index is 0.0873. The number of amides is 1. The van der Waals surface area contributed by atoms with Gasteiger partial charge in [0, 0.05) is 31.2 Å². The number of nitrogens with one attached hydrogen (secondary N) is 1. The molecule has 0 bridgehead atoms. The Bertz CT molecular complexity index is 1070. The van der Waals surface area contributed by atoms with Gasteiger partial charge in [-0.1, -0.05) is 24.6 Å². The zero-order chi connectivity index (χ0) is 20.2. The van der Waals surface area contributed by atoms with Crippen molar-refractivity contribution in [2.75, 3.05) is 31.5 Å². The third-order valence-electron chi connectivity index (χ3n) is 5.20. The van der Waals surface area contributed by atoms with Gasteiger partial charge in [-0.05, 0) is 38.1 Å². The monoisotopic (exact) mass is 392 g/mol. The molecule has 0 atom stereocenters. The fourth-order valence-corrected chi connectivity index (χ4v) is 3.67. The number of hydrogen-bond donors (Lipinski definition) is 2. The van der Waals surface area contributed by atoms with Crippen molar-refractivity contribution in [2.24, 2.45) is 5.73 Å². The summed E-state index contributed by atoms with van der Waals surface area (Å²) >= 11 is 0. The first-order chi connectivity index (χ1) is 14.1. The van der Waals surface area contributed by atoms with E-state index in [0.717, 1.165) is 31.9 Å². The van der Waals surface area contributed by atoms with Crippen LogP contribution in [0.2, 0.25) is 0 Å². The molecule has 0 saturated carbocycles. The molecule has 1 aliphatic rings. The Balaban J connectivity index is 1.68. The van der Waals surface area contributed by atoms with E-state index >= 15 is 0 Å². The second-order valence-electron chi connectivity index (χ2n) is 7.20. The highest BCUT2D eigenvalue weighted by Crippen LogP contribution is 2.17. The summed E-state index contributed by atoms with van der Waals surface area (Å²) in [4.78, 5) is 35.7. The van der Waals surface area contributed by atoms with Crippen LogP contribution < -0.4 is 16.5 Å². The van der Waals surface area contributed by atoms with Gasteiger partial charge < -0.3 is 20.5 Å². The van der Waals surface area contributed by atoms with Crippen LogP contribution in [-0.2, 0) is 0 Å². The first-order valence-electron chi connectivity index (χ1n) is 9.87. The van der Waals surface area contributed by atoms with Gasteiger partial charge >= 0.3 is 0 Å². The number of nitrogens with zero attached hydrogens (tertiary/aromatic N) is 4. The predicted octanol–water partition coefficient (Wildman–Crippen LogP) is 1.78. The lowest BCUT2D eigenvalue weighted by atomic mass is 10.1. The van der Waals surface area contributed by atoms with Gasteiger partial charge in [0.25, 0.3) is 5.91 Å². The van der Waals surface area contributed by atoms with Crippen LogP contribution in [0.4, 0.5) is 5.95 Å². The van der Waals surface area contributed by atoms with Gasteiger partial charge in [0.2, 0.25) is 11.4 Å². The van der Waals surface area contributed by atoms with Gasteiger partial charge in [-0.3, -0.25) is 9.59 Å². The molecule has 8 nitrogen and oxygen atoms in total. The molecule has 1 amide bonds. The summed E-state index contributed by atoms with van der Waals surface area (Å²) in [6, 6.07) is 9.40. The van der Waals surface area contributed by atoms with Crippen molar-refractivity contribution in [3.63, 3.8) is 0 Å². The van der Waals surface area contributed by atoms with E-state index in [2.05, 4.69) is 20.2 Å². The SMILES string of the molecule is NC(=O)c1cn(-c2ccccc2)c2nc(NCCN3CCCCC3)ncc2c1=O. The summed E-state index contributed by atoms with van der Waals surface area (Å²) in [5, 5.41) is 3.50. The first kappa shape index (κ1) is 19.1. The predicted molar refractivity (Wildman–Crippen MR) is 112 cm³/mol. The molecule has 1 fully saturated rings. The van der Waals surface area contributed by atoms with Gasteiger partial charge in [0.15, 0.2) is 5.65 Å². The van der Waals surface area contributed by atoms with Crippen LogP contribution in [0, 0.1) is 0 Å². The summed E-state index contributed by atoms with van der Waals surface area (Å²) in [6.07, 6.45) is 6.71. The molecule has 3 heterocycles. The molecule has 1 aromatic carbocycles. The van der Waals surface area contributed by atoms with Gasteiger partial charge in [-0.15, -0.1) is 0 Å². The molecular weight excluding hydrogens is 368 g/mol. The number of piperidine rings is 1. The van der Waals surface area contributed by atoms with E-state index in [0.29, 0.717) is 11.6 Å². The maximum absolute atomic E-state index is 12.7. The molecule has 8 heteroatoms. The molecule has 150 valence electrons. The summed E-state index contributed by atoms with van der Waals surface area (Å²) in [5.41, 5.74) is 6.07. The van der Waals surface area contributed by atoms with Crippen LogP contribution in [0.3, 0.4) is 0 Å². The number of carbonyl (C=O) groups excluding carboxylic acids is 1. The smallest absolute Gasteiger partial charge is 0.254 e. The largest absolute Gasteiger partial charge is 0.365 e. The second kappa shape index (κ2) is 8.40. The van der Waals surface area contributed by atoms with E-state index in [1.807, 2.05) is 30.3 Å². The molecule has 0 unspecified atom stereocenters. The van der Waals surface area contributed by atoms with E-state index in [1.54, 1.807) is 4.57 Å². The van der Waals surface area contributed by atoms with Crippen LogP contribution in [0.5, 0.6) is 0 Å². The number of aromatic nitrogens is 3. The van der Waals surface area contributed by atoms with E-state index in [4.69, 9.17) is 5.73 Å². The highest BCUT2D eigenvalue weighted by molar-refractivity contribution is 5.96. The summed E-state index contributed by atoms with van der Waals surface area (Å²) in [7, 11) is 0. The minimum Gasteiger partial charge on any atom is -0.365 e. The van der Waals surface area contributed by atoms with E-state index in [1.165, 1.54) is 31.7 Å². The molecule has 4 rings (SSSR count). The molecule has 2 aromatic heterocycles. The fraction of sp³-hybridized carbons (Fsp3) is 0.333. The van der Waals surface area contributed by atoms with Crippen LogP contribution in [0.15, 0.2) is 47.5 Å². The van der Waals surface area contributed by atoms with Gasteiger partial charge in [-0.2, -0.15) is 4.98 Å². The number of primary amides is 1. The Hall–Kier alpha value is -3.26. The fourth-order valence-electron chi connectivity index (χ4n) is 3.67. The molecule has 1 saturated heterocycles. The standard InChI is InChI=1S/C21H24N6O2/c22-19(29)17-14-27(15-7-3-1-4-8-15)20-16(18(17)28)13-24-21(25-20)23-9-12-26-10-5-2-6-11-26/h1,3-4,7-8,13-14H,2,5-6,9-12H2,(H2,22,29)(H,23,24,25). The second-order valence-corrected chi connectivity index (χ2v) is 7.20. The molecule has 3 N–H and O–H groups in total. The minimum atomic E-state index is -0.773. The van der Waals surface area contributed by atoms with E-state index in [-0.39, 0.29) is 10.9 Å². The number of anilines is 1. The summed E-state index contributed by atoms with van der Waals surface area (Å²) in [6.45, 7) is 3.90. The van der Waals surface area contributed by atoms with Crippen LogP contribution in [-0.4, -0.2) is 51.5 Å². The number of fused-ring (bicyclic) bond motifs is 1. The highest BCUT2D eigenvalue weighted by atomic mass is 16.2. The topological polar surface area (TPSA) is 106 Å². The molecule has 0 aliphatic carbocycles. The Morgan fingerprint density at radius 1 is 1.14 bits per heavy atom.